The summed E-state index contributed by atoms with van der Waals surface area (Å²) in [7, 11) is 0. The number of hydrogen-bond donors (Lipinski definition) is 0. The zero-order valence-electron chi connectivity index (χ0n) is 10.9. The fourth-order valence-corrected chi connectivity index (χ4v) is 3.84. The molecule has 0 spiro atoms. The van der Waals surface area contributed by atoms with Gasteiger partial charge < -0.3 is 0 Å². The highest BCUT2D eigenvalue weighted by atomic mass is 32.2. The van der Waals surface area contributed by atoms with E-state index in [1.54, 1.807) is 0 Å². The lowest BCUT2D eigenvalue weighted by atomic mass is 9.82. The highest BCUT2D eigenvalue weighted by Crippen LogP contribution is 2.34. The monoisotopic (exact) mass is 295 g/mol. The highest BCUT2D eigenvalue weighted by molar-refractivity contribution is 8.00. The van der Waals surface area contributed by atoms with Gasteiger partial charge in [-0.3, -0.25) is 9.69 Å². The van der Waals surface area contributed by atoms with Crippen molar-refractivity contribution < 1.29 is 18.0 Å². The Morgan fingerprint density at radius 3 is 2.68 bits per heavy atom. The van der Waals surface area contributed by atoms with E-state index in [1.165, 1.54) is 0 Å². The molecule has 1 aliphatic heterocycles. The van der Waals surface area contributed by atoms with E-state index in [9.17, 15) is 18.0 Å². The summed E-state index contributed by atoms with van der Waals surface area (Å²) in [4.78, 5) is 14.1. The molecule has 2 atom stereocenters. The van der Waals surface area contributed by atoms with Crippen LogP contribution < -0.4 is 0 Å². The van der Waals surface area contributed by atoms with Crippen LogP contribution in [-0.4, -0.2) is 41.1 Å². The zero-order chi connectivity index (χ0) is 13.9. The minimum atomic E-state index is -4.14. The van der Waals surface area contributed by atoms with Crippen molar-refractivity contribution in [1.29, 1.82) is 0 Å². The van der Waals surface area contributed by atoms with E-state index in [0.29, 0.717) is 18.7 Å². The minimum absolute atomic E-state index is 0.0433. The van der Waals surface area contributed by atoms with Gasteiger partial charge in [-0.1, -0.05) is 6.42 Å². The van der Waals surface area contributed by atoms with Crippen LogP contribution in [0.5, 0.6) is 0 Å². The highest BCUT2D eigenvalue weighted by Gasteiger charge is 2.37. The van der Waals surface area contributed by atoms with Gasteiger partial charge in [0.15, 0.2) is 0 Å². The van der Waals surface area contributed by atoms with Gasteiger partial charge in [-0.15, -0.1) is 0 Å². The molecule has 2 unspecified atom stereocenters. The van der Waals surface area contributed by atoms with E-state index in [2.05, 4.69) is 4.90 Å². The summed E-state index contributed by atoms with van der Waals surface area (Å²) < 4.78 is 36.4. The summed E-state index contributed by atoms with van der Waals surface area (Å²) in [6.07, 6.45) is 5.61. The lowest BCUT2D eigenvalue weighted by molar-refractivity contribution is -0.126. The Hall–Kier alpha value is -0.230. The van der Waals surface area contributed by atoms with Gasteiger partial charge in [-0.25, -0.2) is 0 Å². The molecule has 0 amide bonds. The van der Waals surface area contributed by atoms with Crippen molar-refractivity contribution in [2.75, 3.05) is 18.8 Å². The van der Waals surface area contributed by atoms with Gasteiger partial charge in [0, 0.05) is 30.7 Å². The van der Waals surface area contributed by atoms with Crippen molar-refractivity contribution in [1.82, 2.24) is 4.90 Å². The first-order valence-electron chi connectivity index (χ1n) is 6.95. The Kier molecular flexibility index (Phi) is 5.17. The average molecular weight is 295 g/mol. The van der Waals surface area contributed by atoms with Crippen molar-refractivity contribution >= 4 is 17.5 Å². The molecule has 2 fully saturated rings. The van der Waals surface area contributed by atoms with Crippen LogP contribution in [0.4, 0.5) is 13.2 Å². The molecule has 110 valence electrons. The van der Waals surface area contributed by atoms with Crippen molar-refractivity contribution in [2.24, 2.45) is 5.92 Å². The summed E-state index contributed by atoms with van der Waals surface area (Å²) in [6.45, 7) is 1.28. The van der Waals surface area contributed by atoms with E-state index in [-0.39, 0.29) is 29.5 Å². The van der Waals surface area contributed by atoms with Gasteiger partial charge in [0.25, 0.3) is 0 Å². The molecule has 0 bridgehead atoms. The van der Waals surface area contributed by atoms with Crippen molar-refractivity contribution in [3.05, 3.63) is 0 Å². The standard InChI is InChI=1S/C13H20F3NOS/c14-13(15,16)19-9-8-17-7-3-5-11(17)10-4-1-2-6-12(10)18/h10-11H,1-9H2. The van der Waals surface area contributed by atoms with E-state index < -0.39 is 5.51 Å². The van der Waals surface area contributed by atoms with Crippen molar-refractivity contribution in [2.45, 2.75) is 50.1 Å². The fourth-order valence-electron chi connectivity index (χ4n) is 3.28. The number of carbonyl (C=O) groups excluding carboxylic acids is 1. The number of thioether (sulfide) groups is 1. The number of likely N-dealkylation sites (tertiary alicyclic amines) is 1. The number of ketones is 1. The number of Topliss-reactive ketones (excluding diaryl/α,β-unsaturated/α-hetero) is 1. The molecule has 2 nitrogen and oxygen atoms in total. The maximum atomic E-state index is 12.1. The molecule has 0 aromatic heterocycles. The van der Waals surface area contributed by atoms with Crippen molar-refractivity contribution in [3.8, 4) is 0 Å². The van der Waals surface area contributed by atoms with Crippen LogP contribution in [0.25, 0.3) is 0 Å². The quantitative estimate of drug-likeness (QED) is 0.792. The van der Waals surface area contributed by atoms with Crippen LogP contribution in [0.1, 0.15) is 38.5 Å². The van der Waals surface area contributed by atoms with E-state index in [0.717, 1.165) is 38.6 Å². The summed E-state index contributed by atoms with van der Waals surface area (Å²) in [5.41, 5.74) is -4.14. The minimum Gasteiger partial charge on any atom is -0.299 e. The van der Waals surface area contributed by atoms with Crippen LogP contribution in [0, 0.1) is 5.92 Å². The van der Waals surface area contributed by atoms with Crippen LogP contribution in [0.15, 0.2) is 0 Å². The predicted octanol–water partition coefficient (Wildman–Crippen LogP) is 3.46. The number of nitrogens with zero attached hydrogens (tertiary/aromatic N) is 1. The number of halogens is 3. The van der Waals surface area contributed by atoms with Crippen LogP contribution in [0.2, 0.25) is 0 Å². The third-order valence-corrected chi connectivity index (χ3v) is 4.84. The SMILES string of the molecule is O=C1CCCCC1C1CCCN1CCSC(F)(F)F. The molecule has 0 N–H and O–H groups in total. The lowest BCUT2D eigenvalue weighted by Gasteiger charge is -2.33. The molecule has 1 saturated carbocycles. The number of hydrogen-bond acceptors (Lipinski definition) is 3. The molecule has 1 heterocycles. The second kappa shape index (κ2) is 6.48. The smallest absolute Gasteiger partial charge is 0.299 e. The maximum Gasteiger partial charge on any atom is 0.441 e. The second-order valence-electron chi connectivity index (χ2n) is 5.36. The molecule has 2 aliphatic rings. The van der Waals surface area contributed by atoms with Gasteiger partial charge in [-0.2, -0.15) is 13.2 Å². The van der Waals surface area contributed by atoms with Crippen LogP contribution in [0.3, 0.4) is 0 Å². The van der Waals surface area contributed by atoms with Gasteiger partial charge >= 0.3 is 5.51 Å². The second-order valence-corrected chi connectivity index (χ2v) is 6.52. The summed E-state index contributed by atoms with van der Waals surface area (Å²) in [5.74, 6) is 0.472. The molecular weight excluding hydrogens is 275 g/mol. The first kappa shape index (κ1) is 15.2. The Morgan fingerprint density at radius 2 is 2.00 bits per heavy atom. The van der Waals surface area contributed by atoms with Gasteiger partial charge in [-0.05, 0) is 44.0 Å². The maximum absolute atomic E-state index is 12.1. The molecule has 1 aliphatic carbocycles. The number of alkyl halides is 3. The molecule has 19 heavy (non-hydrogen) atoms. The topological polar surface area (TPSA) is 20.3 Å². The average Bonchev–Trinajstić information content (AvgIpc) is 2.76. The third kappa shape index (κ3) is 4.38. The number of carbonyl (C=O) groups is 1. The van der Waals surface area contributed by atoms with E-state index in [1.807, 2.05) is 0 Å². The van der Waals surface area contributed by atoms with Gasteiger partial charge in [0.05, 0.1) is 0 Å². The van der Waals surface area contributed by atoms with E-state index in [4.69, 9.17) is 0 Å². The first-order valence-corrected chi connectivity index (χ1v) is 7.93. The lowest BCUT2D eigenvalue weighted by Crippen LogP contribution is -2.41. The Labute approximate surface area is 116 Å². The normalized spacial score (nSPS) is 29.9. The number of rotatable bonds is 4. The third-order valence-electron chi connectivity index (χ3n) is 4.12. The summed E-state index contributed by atoms with van der Waals surface area (Å²) in [6, 6.07) is 0.196. The van der Waals surface area contributed by atoms with Crippen LogP contribution >= 0.6 is 11.8 Å². The molecule has 2 rings (SSSR count). The molecule has 0 radical (unpaired) electrons. The Bertz CT molecular complexity index is 322. The molecule has 0 aromatic carbocycles. The first-order chi connectivity index (χ1) is 8.97. The molecular formula is C13H20F3NOS. The molecule has 6 heteroatoms. The Balaban J connectivity index is 1.84. The predicted molar refractivity (Wildman–Crippen MR) is 70.1 cm³/mol. The summed E-state index contributed by atoms with van der Waals surface area (Å²) in [5, 5.41) is 0. The zero-order valence-corrected chi connectivity index (χ0v) is 11.7. The molecule has 1 saturated heterocycles. The van der Waals surface area contributed by atoms with Gasteiger partial charge in [0.2, 0.25) is 0 Å². The Morgan fingerprint density at radius 1 is 1.21 bits per heavy atom. The molecule has 0 aromatic rings. The van der Waals surface area contributed by atoms with E-state index >= 15 is 0 Å². The largest absolute Gasteiger partial charge is 0.441 e. The van der Waals surface area contributed by atoms with Crippen molar-refractivity contribution in [3.63, 3.8) is 0 Å². The summed E-state index contributed by atoms with van der Waals surface area (Å²) >= 11 is 0.0433. The van der Waals surface area contributed by atoms with Crippen LogP contribution in [-0.2, 0) is 4.79 Å². The van der Waals surface area contributed by atoms with Gasteiger partial charge in [0.1, 0.15) is 5.78 Å². The fraction of sp³-hybridized carbons (Fsp3) is 0.923.